The third kappa shape index (κ3) is 6.15. The van der Waals surface area contributed by atoms with Crippen LogP contribution in [0.15, 0.2) is 12.2 Å². The molecule has 0 atom stereocenters. The standard InChI is InChI=1S/C22H33N3O4/c26-19(24-14-4-5-15-24)6-2-1-3-13-23-22(29)18-9-7-17(8-10-18)16-25-20(27)11-12-21(25)28/h11-12,17-18H,1-10,13-16H2,(H,23,29). The van der Waals surface area contributed by atoms with E-state index in [0.717, 1.165) is 70.9 Å². The molecule has 1 saturated carbocycles. The van der Waals surface area contributed by atoms with E-state index in [0.29, 0.717) is 25.4 Å². The predicted molar refractivity (Wildman–Crippen MR) is 109 cm³/mol. The van der Waals surface area contributed by atoms with E-state index in [-0.39, 0.29) is 29.5 Å². The van der Waals surface area contributed by atoms with Gasteiger partial charge in [-0.15, -0.1) is 0 Å². The largest absolute Gasteiger partial charge is 0.356 e. The van der Waals surface area contributed by atoms with Crippen molar-refractivity contribution in [3.05, 3.63) is 12.2 Å². The molecule has 2 fully saturated rings. The third-order valence-electron chi connectivity index (χ3n) is 6.38. The molecule has 0 spiro atoms. The highest BCUT2D eigenvalue weighted by Crippen LogP contribution is 2.30. The maximum atomic E-state index is 12.4. The number of unbranched alkanes of at least 4 members (excludes halogenated alkanes) is 2. The van der Waals surface area contributed by atoms with Crippen molar-refractivity contribution in [3.8, 4) is 0 Å². The lowest BCUT2D eigenvalue weighted by atomic mass is 9.81. The molecule has 1 aliphatic carbocycles. The number of hydrogen-bond acceptors (Lipinski definition) is 4. The summed E-state index contributed by atoms with van der Waals surface area (Å²) in [5.41, 5.74) is 0. The van der Waals surface area contributed by atoms with Crippen LogP contribution in [0.25, 0.3) is 0 Å². The lowest BCUT2D eigenvalue weighted by Crippen LogP contribution is -2.38. The molecular formula is C22H33N3O4. The second kappa shape index (κ2) is 10.6. The zero-order chi connectivity index (χ0) is 20.6. The van der Waals surface area contributed by atoms with Gasteiger partial charge in [0, 0.05) is 50.7 Å². The van der Waals surface area contributed by atoms with E-state index in [9.17, 15) is 19.2 Å². The normalized spacial score (nSPS) is 24.4. The smallest absolute Gasteiger partial charge is 0.253 e. The second-order valence-corrected chi connectivity index (χ2v) is 8.53. The van der Waals surface area contributed by atoms with Crippen LogP contribution >= 0.6 is 0 Å². The molecule has 3 aliphatic rings. The van der Waals surface area contributed by atoms with Gasteiger partial charge in [-0.1, -0.05) is 6.42 Å². The Balaban J connectivity index is 1.23. The number of amides is 4. The summed E-state index contributed by atoms with van der Waals surface area (Å²) in [7, 11) is 0. The maximum absolute atomic E-state index is 12.4. The first-order valence-corrected chi connectivity index (χ1v) is 11.1. The quantitative estimate of drug-likeness (QED) is 0.471. The lowest BCUT2D eigenvalue weighted by Gasteiger charge is -2.30. The first-order valence-electron chi connectivity index (χ1n) is 11.1. The van der Waals surface area contributed by atoms with E-state index < -0.39 is 0 Å². The lowest BCUT2D eigenvalue weighted by molar-refractivity contribution is -0.138. The minimum Gasteiger partial charge on any atom is -0.356 e. The van der Waals surface area contributed by atoms with Gasteiger partial charge < -0.3 is 10.2 Å². The Hall–Kier alpha value is -2.18. The van der Waals surface area contributed by atoms with E-state index in [1.54, 1.807) is 0 Å². The van der Waals surface area contributed by atoms with Gasteiger partial charge >= 0.3 is 0 Å². The molecule has 0 radical (unpaired) electrons. The minimum absolute atomic E-state index is 0.0334. The van der Waals surface area contributed by atoms with Crippen molar-refractivity contribution in [2.45, 2.75) is 64.2 Å². The number of carbonyl (C=O) groups excluding carboxylic acids is 4. The fourth-order valence-electron chi connectivity index (χ4n) is 4.54. The number of nitrogens with one attached hydrogen (secondary N) is 1. The summed E-state index contributed by atoms with van der Waals surface area (Å²) in [4.78, 5) is 50.9. The summed E-state index contributed by atoms with van der Waals surface area (Å²) in [6.07, 6.45) is 11.6. The number of likely N-dealkylation sites (tertiary alicyclic amines) is 1. The van der Waals surface area contributed by atoms with Crippen LogP contribution in [0.5, 0.6) is 0 Å². The van der Waals surface area contributed by atoms with Crippen molar-refractivity contribution in [2.75, 3.05) is 26.2 Å². The summed E-state index contributed by atoms with van der Waals surface area (Å²) in [5, 5.41) is 3.03. The van der Waals surface area contributed by atoms with Gasteiger partial charge in [-0.05, 0) is 57.3 Å². The molecular weight excluding hydrogens is 370 g/mol. The Morgan fingerprint density at radius 1 is 0.931 bits per heavy atom. The van der Waals surface area contributed by atoms with E-state index in [2.05, 4.69) is 5.32 Å². The summed E-state index contributed by atoms with van der Waals surface area (Å²) in [6, 6.07) is 0. The molecule has 0 aromatic heterocycles. The fraction of sp³-hybridized carbons (Fsp3) is 0.727. The molecule has 1 saturated heterocycles. The van der Waals surface area contributed by atoms with Crippen molar-refractivity contribution in [3.63, 3.8) is 0 Å². The molecule has 7 heteroatoms. The second-order valence-electron chi connectivity index (χ2n) is 8.53. The Morgan fingerprint density at radius 2 is 1.59 bits per heavy atom. The van der Waals surface area contributed by atoms with E-state index >= 15 is 0 Å². The molecule has 0 unspecified atom stereocenters. The third-order valence-corrected chi connectivity index (χ3v) is 6.38. The average Bonchev–Trinajstić information content (AvgIpc) is 3.37. The molecule has 160 valence electrons. The Kier molecular flexibility index (Phi) is 7.83. The molecule has 0 bridgehead atoms. The fourth-order valence-corrected chi connectivity index (χ4v) is 4.54. The Morgan fingerprint density at radius 3 is 2.24 bits per heavy atom. The molecule has 2 aliphatic heterocycles. The molecule has 3 rings (SSSR count). The molecule has 0 aromatic carbocycles. The topological polar surface area (TPSA) is 86.8 Å². The molecule has 1 N–H and O–H groups in total. The molecule has 7 nitrogen and oxygen atoms in total. The van der Waals surface area contributed by atoms with Gasteiger partial charge in [0.15, 0.2) is 0 Å². The SMILES string of the molecule is O=C(NCCCCCC(=O)N1CCCC1)C1CCC(CN2C(=O)C=CC2=O)CC1. The summed E-state index contributed by atoms with van der Waals surface area (Å²) in [5.74, 6) is 0.267. The van der Waals surface area contributed by atoms with Crippen LogP contribution in [-0.4, -0.2) is 59.6 Å². The number of rotatable bonds is 9. The van der Waals surface area contributed by atoms with Crippen LogP contribution in [0, 0.1) is 11.8 Å². The van der Waals surface area contributed by atoms with Crippen LogP contribution in [0.4, 0.5) is 0 Å². The number of nitrogens with zero attached hydrogens (tertiary/aromatic N) is 2. The highest BCUT2D eigenvalue weighted by Gasteiger charge is 2.31. The van der Waals surface area contributed by atoms with Gasteiger partial charge in [-0.2, -0.15) is 0 Å². The highest BCUT2D eigenvalue weighted by atomic mass is 16.2. The first kappa shape index (κ1) is 21.5. The van der Waals surface area contributed by atoms with Crippen LogP contribution in [0.2, 0.25) is 0 Å². The number of carbonyl (C=O) groups is 4. The Bertz CT molecular complexity index is 628. The molecule has 2 heterocycles. The zero-order valence-electron chi connectivity index (χ0n) is 17.2. The molecule has 29 heavy (non-hydrogen) atoms. The highest BCUT2D eigenvalue weighted by molar-refractivity contribution is 6.12. The van der Waals surface area contributed by atoms with Crippen molar-refractivity contribution in [1.82, 2.24) is 15.1 Å². The van der Waals surface area contributed by atoms with Crippen LogP contribution in [0.3, 0.4) is 0 Å². The van der Waals surface area contributed by atoms with Gasteiger partial charge in [0.05, 0.1) is 0 Å². The van der Waals surface area contributed by atoms with E-state index in [1.807, 2.05) is 4.90 Å². The minimum atomic E-state index is -0.225. The average molecular weight is 404 g/mol. The number of imide groups is 1. The van der Waals surface area contributed by atoms with Crippen LogP contribution in [0.1, 0.15) is 64.2 Å². The van der Waals surface area contributed by atoms with Gasteiger partial charge in [-0.25, -0.2) is 0 Å². The van der Waals surface area contributed by atoms with E-state index in [4.69, 9.17) is 0 Å². The van der Waals surface area contributed by atoms with Crippen molar-refractivity contribution < 1.29 is 19.2 Å². The van der Waals surface area contributed by atoms with Gasteiger partial charge in [0.25, 0.3) is 11.8 Å². The van der Waals surface area contributed by atoms with Crippen molar-refractivity contribution >= 4 is 23.6 Å². The molecule has 4 amide bonds. The predicted octanol–water partition coefficient (Wildman–Crippen LogP) is 2.02. The van der Waals surface area contributed by atoms with Crippen LogP contribution in [-0.2, 0) is 19.2 Å². The Labute approximate surface area is 172 Å². The maximum Gasteiger partial charge on any atom is 0.253 e. The van der Waals surface area contributed by atoms with Gasteiger partial charge in [0.1, 0.15) is 0 Å². The van der Waals surface area contributed by atoms with Crippen molar-refractivity contribution in [1.29, 1.82) is 0 Å². The van der Waals surface area contributed by atoms with E-state index in [1.165, 1.54) is 17.1 Å². The van der Waals surface area contributed by atoms with Gasteiger partial charge in [-0.3, -0.25) is 24.1 Å². The van der Waals surface area contributed by atoms with Crippen molar-refractivity contribution in [2.24, 2.45) is 11.8 Å². The summed E-state index contributed by atoms with van der Waals surface area (Å²) >= 11 is 0. The number of hydrogen-bond donors (Lipinski definition) is 1. The van der Waals surface area contributed by atoms with Crippen LogP contribution < -0.4 is 5.32 Å². The van der Waals surface area contributed by atoms with Gasteiger partial charge in [0.2, 0.25) is 11.8 Å². The first-order chi connectivity index (χ1) is 14.0. The molecule has 0 aromatic rings. The summed E-state index contributed by atoms with van der Waals surface area (Å²) < 4.78 is 0. The zero-order valence-corrected chi connectivity index (χ0v) is 17.2. The monoisotopic (exact) mass is 403 g/mol. The summed E-state index contributed by atoms with van der Waals surface area (Å²) in [6.45, 7) is 2.96.